The van der Waals surface area contributed by atoms with Gasteiger partial charge in [-0.1, -0.05) is 30.3 Å². The number of hydrogen-bond donors (Lipinski definition) is 0. The van der Waals surface area contributed by atoms with Crippen LogP contribution in [0.4, 0.5) is 0 Å². The van der Waals surface area contributed by atoms with Gasteiger partial charge in [-0.3, -0.25) is 0 Å². The second kappa shape index (κ2) is 5.99. The van der Waals surface area contributed by atoms with E-state index in [4.69, 9.17) is 16.3 Å². The molecule has 0 radical (unpaired) electrons. The third kappa shape index (κ3) is 3.30. The van der Waals surface area contributed by atoms with Gasteiger partial charge in [-0.05, 0) is 5.56 Å². The Morgan fingerprint density at radius 1 is 1.19 bits per heavy atom. The Morgan fingerprint density at radius 3 is 2.69 bits per heavy atom. The molecule has 0 bridgehead atoms. The molecule has 2 nitrogen and oxygen atoms in total. The van der Waals surface area contributed by atoms with Crippen molar-refractivity contribution in [3.63, 3.8) is 0 Å². The minimum atomic E-state index is 0.467. The molecule has 2 rings (SSSR count). The number of aromatic nitrogens is 1. The molecule has 84 valence electrons. The van der Waals surface area contributed by atoms with E-state index < -0.39 is 0 Å². The summed E-state index contributed by atoms with van der Waals surface area (Å²) in [6.07, 6.45) is 0. The van der Waals surface area contributed by atoms with Crippen LogP contribution in [0.2, 0.25) is 0 Å². The number of thiazole rings is 1. The number of benzene rings is 1. The molecule has 0 spiro atoms. The van der Waals surface area contributed by atoms with Gasteiger partial charge in [0.1, 0.15) is 5.01 Å². The Bertz CT molecular complexity index is 430. The first-order valence-electron chi connectivity index (χ1n) is 4.99. The van der Waals surface area contributed by atoms with E-state index in [0.29, 0.717) is 19.1 Å². The Balaban J connectivity index is 1.80. The lowest BCUT2D eigenvalue weighted by molar-refractivity contribution is 0.107. The van der Waals surface area contributed by atoms with E-state index in [1.54, 1.807) is 11.3 Å². The standard InChI is InChI=1S/C12H12ClNOS/c13-6-11-9-16-12(14-11)8-15-7-10-4-2-1-3-5-10/h1-5,9H,6-8H2. The molecule has 0 aliphatic heterocycles. The molecule has 2 aromatic rings. The lowest BCUT2D eigenvalue weighted by Crippen LogP contribution is -1.93. The number of rotatable bonds is 5. The average molecular weight is 254 g/mol. The Morgan fingerprint density at radius 2 is 2.00 bits per heavy atom. The molecule has 0 N–H and O–H groups in total. The highest BCUT2D eigenvalue weighted by Crippen LogP contribution is 2.13. The van der Waals surface area contributed by atoms with Crippen LogP contribution < -0.4 is 0 Å². The summed E-state index contributed by atoms with van der Waals surface area (Å²) in [6.45, 7) is 1.17. The molecule has 0 unspecified atom stereocenters. The topological polar surface area (TPSA) is 22.1 Å². The van der Waals surface area contributed by atoms with Crippen molar-refractivity contribution in [3.8, 4) is 0 Å². The molecule has 0 aliphatic rings. The summed E-state index contributed by atoms with van der Waals surface area (Å²) in [5, 5.41) is 2.94. The van der Waals surface area contributed by atoms with E-state index in [0.717, 1.165) is 10.7 Å². The molecule has 0 saturated heterocycles. The second-order valence-corrected chi connectivity index (χ2v) is 4.55. The normalized spacial score (nSPS) is 10.6. The first-order valence-corrected chi connectivity index (χ1v) is 6.41. The van der Waals surface area contributed by atoms with E-state index in [9.17, 15) is 0 Å². The maximum absolute atomic E-state index is 5.67. The first-order chi connectivity index (χ1) is 7.88. The predicted octanol–water partition coefficient (Wildman–Crippen LogP) is 3.60. The van der Waals surface area contributed by atoms with Gasteiger partial charge in [0.05, 0.1) is 24.8 Å². The van der Waals surface area contributed by atoms with E-state index >= 15 is 0 Å². The molecule has 0 saturated carbocycles. The van der Waals surface area contributed by atoms with Gasteiger partial charge in [0.2, 0.25) is 0 Å². The second-order valence-electron chi connectivity index (χ2n) is 3.34. The minimum Gasteiger partial charge on any atom is -0.370 e. The van der Waals surface area contributed by atoms with Crippen LogP contribution in [0.5, 0.6) is 0 Å². The van der Waals surface area contributed by atoms with Crippen LogP contribution in [0, 0.1) is 0 Å². The Kier molecular flexibility index (Phi) is 4.34. The van der Waals surface area contributed by atoms with Crippen LogP contribution in [0.15, 0.2) is 35.7 Å². The highest BCUT2D eigenvalue weighted by Gasteiger charge is 2.01. The van der Waals surface area contributed by atoms with Gasteiger partial charge >= 0.3 is 0 Å². The summed E-state index contributed by atoms with van der Waals surface area (Å²) >= 11 is 7.26. The molecule has 0 amide bonds. The first kappa shape index (κ1) is 11.6. The summed E-state index contributed by atoms with van der Waals surface area (Å²) in [4.78, 5) is 4.32. The van der Waals surface area contributed by atoms with Gasteiger partial charge in [-0.2, -0.15) is 0 Å². The fourth-order valence-electron chi connectivity index (χ4n) is 1.31. The van der Waals surface area contributed by atoms with E-state index in [1.807, 2.05) is 35.7 Å². The van der Waals surface area contributed by atoms with Gasteiger partial charge in [0.15, 0.2) is 0 Å². The van der Waals surface area contributed by atoms with Gasteiger partial charge < -0.3 is 4.74 Å². The fourth-order valence-corrected chi connectivity index (χ4v) is 2.26. The number of ether oxygens (including phenoxy) is 1. The molecule has 1 aromatic heterocycles. The van der Waals surface area contributed by atoms with Crippen molar-refractivity contribution < 1.29 is 4.74 Å². The highest BCUT2D eigenvalue weighted by molar-refractivity contribution is 7.09. The van der Waals surface area contributed by atoms with Crippen LogP contribution in [0.1, 0.15) is 16.3 Å². The van der Waals surface area contributed by atoms with Crippen LogP contribution in [0.25, 0.3) is 0 Å². The highest BCUT2D eigenvalue weighted by atomic mass is 35.5. The minimum absolute atomic E-state index is 0.467. The monoisotopic (exact) mass is 253 g/mol. The SMILES string of the molecule is ClCc1csc(COCc2ccccc2)n1. The maximum atomic E-state index is 5.67. The van der Waals surface area contributed by atoms with E-state index in [1.165, 1.54) is 5.56 Å². The molecule has 0 aliphatic carbocycles. The number of halogens is 1. The zero-order chi connectivity index (χ0) is 11.2. The van der Waals surface area contributed by atoms with E-state index in [-0.39, 0.29) is 0 Å². The van der Waals surface area contributed by atoms with Crippen LogP contribution >= 0.6 is 22.9 Å². The quantitative estimate of drug-likeness (QED) is 0.760. The summed E-state index contributed by atoms with van der Waals surface area (Å²) in [5.74, 6) is 0.467. The summed E-state index contributed by atoms with van der Waals surface area (Å²) in [6, 6.07) is 10.1. The van der Waals surface area contributed by atoms with Crippen LogP contribution in [-0.2, 0) is 23.8 Å². The molecule has 1 heterocycles. The summed E-state index contributed by atoms with van der Waals surface area (Å²) in [7, 11) is 0. The molecule has 4 heteroatoms. The molecule has 1 aromatic carbocycles. The van der Waals surface area contributed by atoms with Gasteiger partial charge in [-0.25, -0.2) is 4.98 Å². The Labute approximate surface area is 104 Å². The average Bonchev–Trinajstić information content (AvgIpc) is 2.78. The van der Waals surface area contributed by atoms with Crippen LogP contribution in [-0.4, -0.2) is 4.98 Å². The Hall–Kier alpha value is -0.900. The van der Waals surface area contributed by atoms with Gasteiger partial charge in [0, 0.05) is 5.38 Å². The third-order valence-corrected chi connectivity index (χ3v) is 3.22. The van der Waals surface area contributed by atoms with Crippen molar-refractivity contribution in [1.29, 1.82) is 0 Å². The maximum Gasteiger partial charge on any atom is 0.119 e. The predicted molar refractivity (Wildman–Crippen MR) is 66.6 cm³/mol. The van der Waals surface area contributed by atoms with Crippen molar-refractivity contribution in [3.05, 3.63) is 52.0 Å². The van der Waals surface area contributed by atoms with Crippen molar-refractivity contribution >= 4 is 22.9 Å². The largest absolute Gasteiger partial charge is 0.370 e. The third-order valence-electron chi connectivity index (χ3n) is 2.07. The van der Waals surface area contributed by atoms with Gasteiger partial charge in [-0.15, -0.1) is 22.9 Å². The molecular weight excluding hydrogens is 242 g/mol. The fraction of sp³-hybridized carbons (Fsp3) is 0.250. The zero-order valence-electron chi connectivity index (χ0n) is 8.73. The van der Waals surface area contributed by atoms with Crippen molar-refractivity contribution in [2.24, 2.45) is 0 Å². The van der Waals surface area contributed by atoms with Gasteiger partial charge in [0.25, 0.3) is 0 Å². The molecular formula is C12H12ClNOS. The molecule has 0 fully saturated rings. The smallest absolute Gasteiger partial charge is 0.119 e. The van der Waals surface area contributed by atoms with Crippen molar-refractivity contribution in [2.75, 3.05) is 0 Å². The van der Waals surface area contributed by atoms with Crippen molar-refractivity contribution in [2.45, 2.75) is 19.1 Å². The molecule has 0 atom stereocenters. The number of hydrogen-bond acceptors (Lipinski definition) is 3. The van der Waals surface area contributed by atoms with Crippen molar-refractivity contribution in [1.82, 2.24) is 4.98 Å². The number of nitrogens with zero attached hydrogens (tertiary/aromatic N) is 1. The molecule has 16 heavy (non-hydrogen) atoms. The zero-order valence-corrected chi connectivity index (χ0v) is 10.3. The van der Waals surface area contributed by atoms with Crippen LogP contribution in [0.3, 0.4) is 0 Å². The lowest BCUT2D eigenvalue weighted by atomic mass is 10.2. The lowest BCUT2D eigenvalue weighted by Gasteiger charge is -2.01. The van der Waals surface area contributed by atoms with E-state index in [2.05, 4.69) is 4.98 Å². The summed E-state index contributed by atoms with van der Waals surface area (Å²) < 4.78 is 5.57. The summed E-state index contributed by atoms with van der Waals surface area (Å²) in [5.41, 5.74) is 2.10. The number of alkyl halides is 1.